The van der Waals surface area contributed by atoms with E-state index in [2.05, 4.69) is 210 Å². The van der Waals surface area contributed by atoms with Gasteiger partial charge in [0.05, 0.1) is 59.5 Å². The summed E-state index contributed by atoms with van der Waals surface area (Å²) >= 11 is 0. The molecule has 2 aliphatic rings. The summed E-state index contributed by atoms with van der Waals surface area (Å²) in [6.07, 6.45) is 2.22. The zero-order valence-corrected chi connectivity index (χ0v) is 50.4. The van der Waals surface area contributed by atoms with Crippen LogP contribution in [0.25, 0.3) is 131 Å². The average molecular weight is 1170 g/mol. The number of fused-ring (bicyclic) bond motifs is 18. The molecule has 6 aromatic heterocycles. The Morgan fingerprint density at radius 2 is 0.693 bits per heavy atom. The van der Waals surface area contributed by atoms with E-state index in [9.17, 15) is 0 Å². The van der Waals surface area contributed by atoms with Crippen LogP contribution in [0, 0.1) is 0 Å². The number of H-pyrrole nitrogens is 6. The van der Waals surface area contributed by atoms with E-state index in [4.69, 9.17) is 23.7 Å². The van der Waals surface area contributed by atoms with E-state index in [0.29, 0.717) is 32.5 Å². The largest absolute Gasteiger partial charge is 0.489 e. The van der Waals surface area contributed by atoms with Crippen molar-refractivity contribution in [1.82, 2.24) is 44.6 Å². The summed E-state index contributed by atoms with van der Waals surface area (Å²) in [6, 6.07) is 58.2. The maximum absolute atomic E-state index is 6.57. The van der Waals surface area contributed by atoms with Crippen molar-refractivity contribution < 1.29 is 23.7 Å². The molecule has 15 aromatic rings. The van der Waals surface area contributed by atoms with Crippen LogP contribution in [0.4, 0.5) is 0 Å². The molecular formula is C74H75N9O5. The van der Waals surface area contributed by atoms with Crippen LogP contribution in [0.1, 0.15) is 26.7 Å². The number of methoxy groups -OCH3 is 1. The maximum atomic E-state index is 6.57. The lowest BCUT2D eigenvalue weighted by Crippen LogP contribution is -2.50. The van der Waals surface area contributed by atoms with Crippen molar-refractivity contribution in [3.63, 3.8) is 0 Å². The molecule has 17 rings (SSSR count). The Morgan fingerprint density at radius 1 is 0.375 bits per heavy atom. The molecule has 9 aromatic carbocycles. The molecule has 2 saturated heterocycles. The van der Waals surface area contributed by atoms with Crippen molar-refractivity contribution in [3.8, 4) is 17.2 Å². The third kappa shape index (κ3) is 10.4. The van der Waals surface area contributed by atoms with Crippen molar-refractivity contribution in [3.05, 3.63) is 164 Å². The van der Waals surface area contributed by atoms with Gasteiger partial charge in [0.25, 0.3) is 0 Å². The van der Waals surface area contributed by atoms with Gasteiger partial charge < -0.3 is 53.6 Å². The maximum Gasteiger partial charge on any atom is 0.167 e. The molecule has 8 heterocycles. The van der Waals surface area contributed by atoms with Gasteiger partial charge >= 0.3 is 0 Å². The zero-order chi connectivity index (χ0) is 59.1. The molecule has 1 unspecified atom stereocenters. The van der Waals surface area contributed by atoms with Gasteiger partial charge in [0.1, 0.15) is 13.2 Å². The van der Waals surface area contributed by atoms with Gasteiger partial charge in [-0.05, 0) is 74.4 Å². The van der Waals surface area contributed by atoms with Crippen molar-refractivity contribution in [2.75, 3.05) is 99.1 Å². The molecule has 446 valence electrons. The van der Waals surface area contributed by atoms with Gasteiger partial charge in [-0.3, -0.25) is 14.7 Å². The molecule has 88 heavy (non-hydrogen) atoms. The van der Waals surface area contributed by atoms with Gasteiger partial charge in [-0.1, -0.05) is 116 Å². The molecule has 2 aliphatic heterocycles. The molecule has 0 spiro atoms. The molecule has 0 amide bonds. The highest BCUT2D eigenvalue weighted by Gasteiger charge is 2.23. The highest BCUT2D eigenvalue weighted by atomic mass is 16.5. The number of nitrogens with one attached hydrogen (secondary N) is 6. The van der Waals surface area contributed by atoms with Gasteiger partial charge in [-0.2, -0.15) is 0 Å². The van der Waals surface area contributed by atoms with Crippen LogP contribution >= 0.6 is 0 Å². The SMILES string of the molecule is CCC(C)N1CCN(CCOc2c3[nH]c4ccccc4c3cc3c2[nH]c2ccccc23)CC1.COCCOc1c2[nH]c3ccccc3c2cc2c1[nH]c1ccccc12.c1ccc2c(c1)[nH]c1c(OCCCN3CCOCC3)c3[nH]c4ccccc4c3cc12. The Bertz CT molecular complexity index is 4710. The van der Waals surface area contributed by atoms with Gasteiger partial charge in [-0.15, -0.1) is 0 Å². The normalized spacial score (nSPS) is 15.0. The quantitative estimate of drug-likeness (QED) is 0.0556. The Balaban J connectivity index is 0.000000112. The van der Waals surface area contributed by atoms with Crippen LogP contribution in [0.15, 0.2) is 164 Å². The standard InChI is InChI=1S/C28H32N4O.C25H25N3O2.C21H18N2O2/c1-3-19(2)32-14-12-31(13-15-32)16-17-33-28-26-22(20-8-4-6-10-24(20)29-26)18-23-21-9-5-7-11-25(21)30-27(23)28;1-3-8-21-17(6-1)19-16-20-18-7-2-4-9-22(18)27-24(20)25(23(19)26-21)30-13-5-10-28-11-14-29-15-12-28;1-24-10-11-25-21-19-15(13-6-2-4-8-17(13)22-19)12-16-14-7-3-5-9-18(14)23-20(16)21/h4-11,18-19,29-30H,3,12-17H2,1-2H3;1-4,6-9,16,26-27H,5,10-15H2;2-9,12,22-23H,10-11H2,1H3. The number of rotatable bonds is 15. The minimum absolute atomic E-state index is 0.509. The fraction of sp³-hybridized carbons (Fsp3) is 0.270. The lowest BCUT2D eigenvalue weighted by molar-refractivity contribution is 0.0358. The van der Waals surface area contributed by atoms with E-state index in [1.165, 1.54) is 71.1 Å². The van der Waals surface area contributed by atoms with Gasteiger partial charge in [-0.25, -0.2) is 0 Å². The second-order valence-corrected chi connectivity index (χ2v) is 23.7. The van der Waals surface area contributed by atoms with Crippen molar-refractivity contribution >= 4 is 131 Å². The predicted octanol–water partition coefficient (Wildman–Crippen LogP) is 15.8. The fourth-order valence-corrected chi connectivity index (χ4v) is 13.7. The summed E-state index contributed by atoms with van der Waals surface area (Å²) in [5, 5.41) is 14.6. The molecule has 14 heteroatoms. The van der Waals surface area contributed by atoms with Crippen LogP contribution in [-0.4, -0.2) is 150 Å². The first-order valence-corrected chi connectivity index (χ1v) is 31.4. The molecule has 0 bridgehead atoms. The van der Waals surface area contributed by atoms with Gasteiger partial charge in [0.15, 0.2) is 17.2 Å². The van der Waals surface area contributed by atoms with Crippen molar-refractivity contribution in [1.29, 1.82) is 0 Å². The highest BCUT2D eigenvalue weighted by Crippen LogP contribution is 2.44. The first kappa shape index (κ1) is 55.6. The van der Waals surface area contributed by atoms with Gasteiger partial charge in [0.2, 0.25) is 0 Å². The zero-order valence-electron chi connectivity index (χ0n) is 50.4. The summed E-state index contributed by atoms with van der Waals surface area (Å²) in [5.41, 5.74) is 13.2. The summed E-state index contributed by atoms with van der Waals surface area (Å²) in [7, 11) is 1.69. The Labute approximate surface area is 509 Å². The number of aromatic nitrogens is 6. The summed E-state index contributed by atoms with van der Waals surface area (Å²) in [5.74, 6) is 2.72. The van der Waals surface area contributed by atoms with E-state index in [1.807, 2.05) is 12.1 Å². The summed E-state index contributed by atoms with van der Waals surface area (Å²) in [6.45, 7) is 17.3. The van der Waals surface area contributed by atoms with Gasteiger partial charge in [0, 0.05) is 163 Å². The lowest BCUT2D eigenvalue weighted by atomic mass is 10.1. The molecule has 2 fully saturated rings. The average Bonchev–Trinajstić information content (AvgIpc) is 1.71. The fourth-order valence-electron chi connectivity index (χ4n) is 13.7. The molecule has 0 aliphatic carbocycles. The number of benzene rings is 9. The first-order valence-electron chi connectivity index (χ1n) is 31.4. The molecular weight excluding hydrogens is 1090 g/mol. The number of nitrogens with zero attached hydrogens (tertiary/aromatic N) is 3. The van der Waals surface area contributed by atoms with Crippen LogP contribution in [0.3, 0.4) is 0 Å². The van der Waals surface area contributed by atoms with Crippen molar-refractivity contribution in [2.45, 2.75) is 32.7 Å². The molecule has 14 nitrogen and oxygen atoms in total. The lowest BCUT2D eigenvalue weighted by Gasteiger charge is -2.37. The van der Waals surface area contributed by atoms with E-state index < -0.39 is 0 Å². The van der Waals surface area contributed by atoms with Crippen LogP contribution < -0.4 is 14.2 Å². The smallest absolute Gasteiger partial charge is 0.167 e. The topological polar surface area (TPSA) is 151 Å². The van der Waals surface area contributed by atoms with Crippen LogP contribution in [-0.2, 0) is 9.47 Å². The predicted molar refractivity (Wildman–Crippen MR) is 364 cm³/mol. The number of hydrogen-bond acceptors (Lipinski definition) is 8. The number of para-hydroxylation sites is 6. The third-order valence-corrected chi connectivity index (χ3v) is 18.5. The minimum atomic E-state index is 0.509. The number of aromatic amines is 6. The van der Waals surface area contributed by atoms with Crippen LogP contribution in [0.5, 0.6) is 17.2 Å². The first-order chi connectivity index (χ1) is 43.5. The summed E-state index contributed by atoms with van der Waals surface area (Å²) in [4.78, 5) is 29.1. The monoisotopic (exact) mass is 1170 g/mol. The van der Waals surface area contributed by atoms with E-state index >= 15 is 0 Å². The highest BCUT2D eigenvalue weighted by molar-refractivity contribution is 6.23. The second kappa shape index (κ2) is 24.3. The van der Waals surface area contributed by atoms with Crippen molar-refractivity contribution in [2.24, 2.45) is 0 Å². The Kier molecular flexibility index (Phi) is 15.3. The van der Waals surface area contributed by atoms with Crippen LogP contribution in [0.2, 0.25) is 0 Å². The summed E-state index contributed by atoms with van der Waals surface area (Å²) < 4.78 is 29.8. The van der Waals surface area contributed by atoms with E-state index in [0.717, 1.165) is 155 Å². The minimum Gasteiger partial charge on any atom is -0.489 e. The Morgan fingerprint density at radius 3 is 1.03 bits per heavy atom. The number of piperazine rings is 1. The van der Waals surface area contributed by atoms with E-state index in [1.54, 1.807) is 7.11 Å². The molecule has 0 saturated carbocycles. The number of hydrogen-bond donors (Lipinski definition) is 6. The second-order valence-electron chi connectivity index (χ2n) is 23.7. The Hall–Kier alpha value is -9.02. The molecule has 1 atom stereocenters. The third-order valence-electron chi connectivity index (χ3n) is 18.5. The number of ether oxygens (including phenoxy) is 5. The molecule has 6 N–H and O–H groups in total. The number of morpholine rings is 1. The van der Waals surface area contributed by atoms with E-state index in [-0.39, 0.29) is 0 Å². The molecule has 0 radical (unpaired) electrons.